The predicted octanol–water partition coefficient (Wildman–Crippen LogP) is -0.0818. The number of benzene rings is 1. The molecule has 14 heavy (non-hydrogen) atoms. The fourth-order valence-corrected chi connectivity index (χ4v) is 1.81. The standard InChI is InChI=1S/C10H12O4/c11-7-1-2-8(12)6-4-10(14)9(13)3-5(6)7/h1-2,9-14H,3-4H2/t9-,10+. The first kappa shape index (κ1) is 9.30. The quantitative estimate of drug-likeness (QED) is 0.437. The van der Waals surface area contributed by atoms with Crippen molar-refractivity contribution in [1.82, 2.24) is 0 Å². The molecule has 0 fully saturated rings. The average Bonchev–Trinajstić information content (AvgIpc) is 2.15. The number of rotatable bonds is 0. The van der Waals surface area contributed by atoms with Gasteiger partial charge in [0.05, 0.1) is 12.2 Å². The van der Waals surface area contributed by atoms with Crippen LogP contribution in [-0.2, 0) is 12.8 Å². The highest BCUT2D eigenvalue weighted by Crippen LogP contribution is 2.34. The minimum absolute atomic E-state index is 0.0590. The molecule has 0 spiro atoms. The summed E-state index contributed by atoms with van der Waals surface area (Å²) in [5, 5.41) is 37.8. The molecule has 2 atom stereocenters. The molecule has 0 bridgehead atoms. The fraction of sp³-hybridized carbons (Fsp3) is 0.400. The molecule has 0 heterocycles. The highest BCUT2D eigenvalue weighted by atomic mass is 16.3. The normalized spacial score (nSPS) is 25.9. The second kappa shape index (κ2) is 3.15. The van der Waals surface area contributed by atoms with E-state index >= 15 is 0 Å². The Balaban J connectivity index is 2.50. The van der Waals surface area contributed by atoms with Crippen LogP contribution in [0.1, 0.15) is 11.1 Å². The lowest BCUT2D eigenvalue weighted by molar-refractivity contribution is 0.0132. The number of hydrogen-bond donors (Lipinski definition) is 4. The van der Waals surface area contributed by atoms with E-state index in [9.17, 15) is 20.4 Å². The van der Waals surface area contributed by atoms with E-state index in [2.05, 4.69) is 0 Å². The maximum atomic E-state index is 9.48. The summed E-state index contributed by atoms with van der Waals surface area (Å²) in [4.78, 5) is 0. The zero-order valence-corrected chi connectivity index (χ0v) is 7.51. The lowest BCUT2D eigenvalue weighted by Crippen LogP contribution is -2.34. The first-order chi connectivity index (χ1) is 6.59. The van der Waals surface area contributed by atoms with Crippen LogP contribution in [0.25, 0.3) is 0 Å². The molecule has 76 valence electrons. The number of aliphatic hydroxyl groups is 2. The number of fused-ring (bicyclic) bond motifs is 1. The van der Waals surface area contributed by atoms with Crippen molar-refractivity contribution in [3.05, 3.63) is 23.3 Å². The zero-order valence-electron chi connectivity index (χ0n) is 7.51. The Labute approximate surface area is 81.1 Å². The van der Waals surface area contributed by atoms with E-state index in [1.165, 1.54) is 12.1 Å². The van der Waals surface area contributed by atoms with Crippen molar-refractivity contribution in [3.8, 4) is 11.5 Å². The van der Waals surface area contributed by atoms with Crippen LogP contribution in [0.3, 0.4) is 0 Å². The number of phenolic OH excluding ortho intramolecular Hbond substituents is 2. The van der Waals surface area contributed by atoms with E-state index in [0.29, 0.717) is 11.1 Å². The molecule has 1 aromatic rings. The van der Waals surface area contributed by atoms with Crippen LogP contribution >= 0.6 is 0 Å². The Bertz CT molecular complexity index is 326. The minimum Gasteiger partial charge on any atom is -0.508 e. The summed E-state index contributed by atoms with van der Waals surface area (Å²) in [6.45, 7) is 0. The summed E-state index contributed by atoms with van der Waals surface area (Å²) < 4.78 is 0. The summed E-state index contributed by atoms with van der Waals surface area (Å²) in [6, 6.07) is 2.77. The Kier molecular flexibility index (Phi) is 2.09. The number of aromatic hydroxyl groups is 2. The molecule has 0 saturated carbocycles. The van der Waals surface area contributed by atoms with Crippen LogP contribution in [-0.4, -0.2) is 32.6 Å². The van der Waals surface area contributed by atoms with Crippen LogP contribution < -0.4 is 0 Å². The van der Waals surface area contributed by atoms with E-state index in [1.54, 1.807) is 0 Å². The summed E-state index contributed by atoms with van der Waals surface area (Å²) in [5.41, 5.74) is 1.06. The van der Waals surface area contributed by atoms with Crippen molar-refractivity contribution in [2.24, 2.45) is 0 Å². The van der Waals surface area contributed by atoms with Crippen LogP contribution in [0, 0.1) is 0 Å². The molecule has 4 nitrogen and oxygen atoms in total. The van der Waals surface area contributed by atoms with Gasteiger partial charge in [0, 0.05) is 24.0 Å². The molecule has 1 aliphatic carbocycles. The molecule has 0 aromatic heterocycles. The first-order valence-electron chi connectivity index (χ1n) is 4.48. The maximum Gasteiger partial charge on any atom is 0.119 e. The maximum absolute atomic E-state index is 9.48. The molecular formula is C10H12O4. The molecule has 0 unspecified atom stereocenters. The molecule has 0 amide bonds. The highest BCUT2D eigenvalue weighted by molar-refractivity contribution is 5.49. The van der Waals surface area contributed by atoms with Gasteiger partial charge < -0.3 is 20.4 Å². The van der Waals surface area contributed by atoms with Gasteiger partial charge >= 0.3 is 0 Å². The van der Waals surface area contributed by atoms with Gasteiger partial charge in [0.2, 0.25) is 0 Å². The number of phenols is 2. The second-order valence-electron chi connectivity index (χ2n) is 3.60. The van der Waals surface area contributed by atoms with Crippen molar-refractivity contribution in [2.75, 3.05) is 0 Å². The van der Waals surface area contributed by atoms with Crippen LogP contribution in [0.15, 0.2) is 12.1 Å². The molecule has 0 aliphatic heterocycles. The first-order valence-corrected chi connectivity index (χ1v) is 4.48. The number of aliphatic hydroxyl groups excluding tert-OH is 2. The van der Waals surface area contributed by atoms with Gasteiger partial charge in [-0.15, -0.1) is 0 Å². The van der Waals surface area contributed by atoms with Gasteiger partial charge in [-0.1, -0.05) is 0 Å². The third-order valence-corrected chi connectivity index (χ3v) is 2.65. The average molecular weight is 196 g/mol. The van der Waals surface area contributed by atoms with Gasteiger partial charge in [0.25, 0.3) is 0 Å². The van der Waals surface area contributed by atoms with Crippen molar-refractivity contribution in [1.29, 1.82) is 0 Å². The van der Waals surface area contributed by atoms with Crippen molar-refractivity contribution in [2.45, 2.75) is 25.0 Å². The monoisotopic (exact) mass is 196 g/mol. The predicted molar refractivity (Wildman–Crippen MR) is 49.2 cm³/mol. The van der Waals surface area contributed by atoms with E-state index in [4.69, 9.17) is 0 Å². The van der Waals surface area contributed by atoms with Gasteiger partial charge in [-0.2, -0.15) is 0 Å². The molecule has 2 rings (SSSR count). The van der Waals surface area contributed by atoms with E-state index in [1.807, 2.05) is 0 Å². The zero-order chi connectivity index (χ0) is 10.3. The molecule has 4 N–H and O–H groups in total. The summed E-state index contributed by atoms with van der Waals surface area (Å²) in [5.74, 6) is 0.118. The second-order valence-corrected chi connectivity index (χ2v) is 3.60. The topological polar surface area (TPSA) is 80.9 Å². The van der Waals surface area contributed by atoms with E-state index in [-0.39, 0.29) is 24.3 Å². The Morgan fingerprint density at radius 3 is 1.57 bits per heavy atom. The molecular weight excluding hydrogens is 184 g/mol. The Morgan fingerprint density at radius 1 is 0.857 bits per heavy atom. The van der Waals surface area contributed by atoms with Crippen LogP contribution in [0.2, 0.25) is 0 Å². The van der Waals surface area contributed by atoms with E-state index < -0.39 is 12.2 Å². The SMILES string of the molecule is Oc1ccc(O)c2c1C[C@@H](O)[C@@H](O)C2. The highest BCUT2D eigenvalue weighted by Gasteiger charge is 2.28. The van der Waals surface area contributed by atoms with Crippen molar-refractivity contribution >= 4 is 0 Å². The van der Waals surface area contributed by atoms with Crippen molar-refractivity contribution in [3.63, 3.8) is 0 Å². The largest absolute Gasteiger partial charge is 0.508 e. The summed E-state index contributed by atoms with van der Waals surface area (Å²) in [7, 11) is 0. The molecule has 0 radical (unpaired) electrons. The van der Waals surface area contributed by atoms with Gasteiger partial charge in [0.1, 0.15) is 11.5 Å². The molecule has 0 saturated heterocycles. The summed E-state index contributed by atoms with van der Waals surface area (Å²) in [6.07, 6.45) is -1.38. The van der Waals surface area contributed by atoms with Gasteiger partial charge in [0.15, 0.2) is 0 Å². The van der Waals surface area contributed by atoms with Gasteiger partial charge in [-0.05, 0) is 12.1 Å². The number of hydrogen-bond acceptors (Lipinski definition) is 4. The fourth-order valence-electron chi connectivity index (χ4n) is 1.81. The Morgan fingerprint density at radius 2 is 1.21 bits per heavy atom. The third kappa shape index (κ3) is 1.32. The molecule has 1 aromatic carbocycles. The minimum atomic E-state index is -0.866. The Hall–Kier alpha value is -1.26. The van der Waals surface area contributed by atoms with Gasteiger partial charge in [-0.3, -0.25) is 0 Å². The van der Waals surface area contributed by atoms with Crippen LogP contribution in [0.5, 0.6) is 11.5 Å². The van der Waals surface area contributed by atoms with Crippen molar-refractivity contribution < 1.29 is 20.4 Å². The van der Waals surface area contributed by atoms with Crippen LogP contribution in [0.4, 0.5) is 0 Å². The lowest BCUT2D eigenvalue weighted by Gasteiger charge is -2.26. The lowest BCUT2D eigenvalue weighted by atomic mass is 9.86. The smallest absolute Gasteiger partial charge is 0.119 e. The molecule has 4 heteroatoms. The molecule has 1 aliphatic rings. The third-order valence-electron chi connectivity index (χ3n) is 2.65. The van der Waals surface area contributed by atoms with Gasteiger partial charge in [-0.25, -0.2) is 0 Å². The van der Waals surface area contributed by atoms with E-state index in [0.717, 1.165) is 0 Å². The summed E-state index contributed by atoms with van der Waals surface area (Å²) >= 11 is 0.